The lowest BCUT2D eigenvalue weighted by Crippen LogP contribution is -2.52. The predicted octanol–water partition coefficient (Wildman–Crippen LogP) is 3.50. The second-order valence-corrected chi connectivity index (χ2v) is 8.12. The van der Waals surface area contributed by atoms with Crippen molar-refractivity contribution in [3.8, 4) is 0 Å². The number of hydrogen-bond acceptors (Lipinski definition) is 5. The van der Waals surface area contributed by atoms with E-state index in [0.717, 1.165) is 50.1 Å². The van der Waals surface area contributed by atoms with E-state index in [1.807, 2.05) is 18.9 Å². The first-order chi connectivity index (χ1) is 13.7. The maximum atomic E-state index is 12.9. The maximum Gasteiger partial charge on any atom is 0.433 e. The van der Waals surface area contributed by atoms with E-state index in [-0.39, 0.29) is 6.17 Å². The minimum atomic E-state index is -4.41. The molecule has 1 fully saturated rings. The summed E-state index contributed by atoms with van der Waals surface area (Å²) in [5.74, 6) is 0.439. The zero-order valence-electron chi connectivity index (χ0n) is 16.9. The Bertz CT molecular complexity index is 892. The van der Waals surface area contributed by atoms with Gasteiger partial charge in [-0.15, -0.1) is 0 Å². The highest BCUT2D eigenvalue weighted by Crippen LogP contribution is 2.34. The molecule has 0 aliphatic carbocycles. The minimum absolute atomic E-state index is 0.222. The Balaban J connectivity index is 1.36. The lowest BCUT2D eigenvalue weighted by Gasteiger charge is -2.43. The Morgan fingerprint density at radius 3 is 2.66 bits per heavy atom. The number of pyridine rings is 2. The standard InChI is InChI=1S/C21H26F3N5/c1-13-6-14(2)27-18-12-29(11-17(13)18)20(25-3)7-15-9-28(10-15)16-4-5-26-19(8-16)21(22,23)24/h4-6,8,15,20,25H,7,9-12H2,1-3H3. The van der Waals surface area contributed by atoms with Crippen molar-refractivity contribution in [2.24, 2.45) is 5.92 Å². The Labute approximate surface area is 168 Å². The highest BCUT2D eigenvalue weighted by molar-refractivity contribution is 5.49. The number of halogens is 3. The molecule has 0 aromatic carbocycles. The van der Waals surface area contributed by atoms with E-state index in [9.17, 15) is 13.2 Å². The Morgan fingerprint density at radius 1 is 1.21 bits per heavy atom. The first kappa shape index (κ1) is 20.1. The zero-order valence-corrected chi connectivity index (χ0v) is 16.9. The van der Waals surface area contributed by atoms with E-state index in [2.05, 4.69) is 28.2 Å². The van der Waals surface area contributed by atoms with E-state index in [0.29, 0.717) is 11.6 Å². The molecule has 0 spiro atoms. The van der Waals surface area contributed by atoms with Gasteiger partial charge in [0.05, 0.1) is 11.9 Å². The van der Waals surface area contributed by atoms with Gasteiger partial charge in [0, 0.05) is 43.8 Å². The van der Waals surface area contributed by atoms with Crippen LogP contribution in [0, 0.1) is 19.8 Å². The molecule has 156 valence electrons. The summed E-state index contributed by atoms with van der Waals surface area (Å²) in [5.41, 5.74) is 4.58. The average Bonchev–Trinajstić information content (AvgIpc) is 3.04. The van der Waals surface area contributed by atoms with Crippen LogP contribution in [0.5, 0.6) is 0 Å². The molecule has 1 N–H and O–H groups in total. The first-order valence-electron chi connectivity index (χ1n) is 9.90. The van der Waals surface area contributed by atoms with E-state index in [4.69, 9.17) is 4.98 Å². The third-order valence-electron chi connectivity index (χ3n) is 5.96. The van der Waals surface area contributed by atoms with Gasteiger partial charge >= 0.3 is 6.18 Å². The number of fused-ring (bicyclic) bond motifs is 1. The number of hydrogen-bond donors (Lipinski definition) is 1. The maximum absolute atomic E-state index is 12.9. The van der Waals surface area contributed by atoms with Crippen LogP contribution >= 0.6 is 0 Å². The van der Waals surface area contributed by atoms with Gasteiger partial charge in [-0.2, -0.15) is 13.2 Å². The van der Waals surface area contributed by atoms with Crippen LogP contribution in [0.15, 0.2) is 24.4 Å². The van der Waals surface area contributed by atoms with E-state index in [1.165, 1.54) is 17.3 Å². The molecule has 2 aromatic heterocycles. The molecular weight excluding hydrogens is 379 g/mol. The number of aromatic nitrogens is 2. The van der Waals surface area contributed by atoms with Crippen molar-refractivity contribution in [3.05, 3.63) is 52.6 Å². The van der Waals surface area contributed by atoms with Gasteiger partial charge in [0.2, 0.25) is 0 Å². The fourth-order valence-electron chi connectivity index (χ4n) is 4.43. The van der Waals surface area contributed by atoms with Crippen molar-refractivity contribution in [1.82, 2.24) is 20.2 Å². The zero-order chi connectivity index (χ0) is 20.8. The molecule has 1 saturated heterocycles. The van der Waals surface area contributed by atoms with Gasteiger partial charge in [0.25, 0.3) is 0 Å². The highest BCUT2D eigenvalue weighted by Gasteiger charge is 2.36. The average molecular weight is 405 g/mol. The summed E-state index contributed by atoms with van der Waals surface area (Å²) < 4.78 is 38.7. The third kappa shape index (κ3) is 4.09. The SMILES string of the molecule is CNC(CC1CN(c2ccnc(C(F)(F)F)c2)C1)N1Cc2nc(C)cc(C)c2C1. The van der Waals surface area contributed by atoms with Gasteiger partial charge in [-0.25, -0.2) is 0 Å². The smallest absolute Gasteiger partial charge is 0.371 e. The third-order valence-corrected chi connectivity index (χ3v) is 5.96. The van der Waals surface area contributed by atoms with Crippen LogP contribution in [-0.4, -0.2) is 41.2 Å². The van der Waals surface area contributed by atoms with Crippen LogP contribution in [0.25, 0.3) is 0 Å². The highest BCUT2D eigenvalue weighted by atomic mass is 19.4. The summed E-state index contributed by atoms with van der Waals surface area (Å²) in [6, 6.07) is 4.92. The lowest BCUT2D eigenvalue weighted by atomic mass is 9.93. The molecule has 2 aliphatic rings. The molecule has 0 radical (unpaired) electrons. The van der Waals surface area contributed by atoms with Crippen LogP contribution in [-0.2, 0) is 19.3 Å². The Hall–Kier alpha value is -2.19. The van der Waals surface area contributed by atoms with Gasteiger partial charge in [0.1, 0.15) is 5.69 Å². The topological polar surface area (TPSA) is 44.3 Å². The summed E-state index contributed by atoms with van der Waals surface area (Å²) >= 11 is 0. The predicted molar refractivity (Wildman–Crippen MR) is 105 cm³/mol. The van der Waals surface area contributed by atoms with Crippen molar-refractivity contribution in [2.45, 2.75) is 45.7 Å². The van der Waals surface area contributed by atoms with E-state index >= 15 is 0 Å². The lowest BCUT2D eigenvalue weighted by molar-refractivity contribution is -0.141. The molecule has 2 aromatic rings. The van der Waals surface area contributed by atoms with Crippen LogP contribution < -0.4 is 10.2 Å². The van der Waals surface area contributed by atoms with Crippen molar-refractivity contribution in [3.63, 3.8) is 0 Å². The monoisotopic (exact) mass is 405 g/mol. The molecule has 1 unspecified atom stereocenters. The summed E-state index contributed by atoms with van der Waals surface area (Å²) in [7, 11) is 1.97. The minimum Gasteiger partial charge on any atom is -0.371 e. The van der Waals surface area contributed by atoms with E-state index in [1.54, 1.807) is 6.07 Å². The van der Waals surface area contributed by atoms with Gasteiger partial charge in [-0.05, 0) is 62.6 Å². The second-order valence-electron chi connectivity index (χ2n) is 8.12. The van der Waals surface area contributed by atoms with E-state index < -0.39 is 11.9 Å². The molecule has 4 heterocycles. The summed E-state index contributed by atoms with van der Waals surface area (Å²) in [6.45, 7) is 7.40. The molecule has 8 heteroatoms. The summed E-state index contributed by atoms with van der Waals surface area (Å²) in [6.07, 6.45) is -2.00. The number of anilines is 1. The Morgan fingerprint density at radius 2 is 1.97 bits per heavy atom. The summed E-state index contributed by atoms with van der Waals surface area (Å²) in [4.78, 5) is 12.5. The summed E-state index contributed by atoms with van der Waals surface area (Å²) in [5, 5.41) is 3.42. The van der Waals surface area contributed by atoms with Crippen LogP contribution in [0.4, 0.5) is 18.9 Å². The normalized spacial score (nSPS) is 18.6. The molecule has 4 rings (SSSR count). The molecule has 0 bridgehead atoms. The number of nitrogens with zero attached hydrogens (tertiary/aromatic N) is 4. The van der Waals surface area contributed by atoms with Gasteiger partial charge in [0.15, 0.2) is 0 Å². The fourth-order valence-corrected chi connectivity index (χ4v) is 4.43. The van der Waals surface area contributed by atoms with Crippen LogP contribution in [0.3, 0.4) is 0 Å². The molecule has 5 nitrogen and oxygen atoms in total. The van der Waals surface area contributed by atoms with Crippen molar-refractivity contribution < 1.29 is 13.2 Å². The fraction of sp³-hybridized carbons (Fsp3) is 0.524. The van der Waals surface area contributed by atoms with Gasteiger partial charge in [-0.1, -0.05) is 0 Å². The Kier molecular flexibility index (Phi) is 5.25. The first-order valence-corrected chi connectivity index (χ1v) is 9.90. The second kappa shape index (κ2) is 7.57. The molecule has 0 saturated carbocycles. The molecular formula is C21H26F3N5. The number of rotatable bonds is 5. The van der Waals surface area contributed by atoms with Crippen molar-refractivity contribution in [1.29, 1.82) is 0 Å². The number of alkyl halides is 3. The number of nitrogens with one attached hydrogen (secondary N) is 1. The van der Waals surface area contributed by atoms with Crippen molar-refractivity contribution in [2.75, 3.05) is 25.0 Å². The van der Waals surface area contributed by atoms with Gasteiger partial charge in [-0.3, -0.25) is 14.9 Å². The molecule has 1 atom stereocenters. The number of aryl methyl sites for hydroxylation is 2. The molecule has 0 amide bonds. The van der Waals surface area contributed by atoms with Crippen LogP contribution in [0.1, 0.15) is 34.6 Å². The molecule has 2 aliphatic heterocycles. The van der Waals surface area contributed by atoms with Crippen molar-refractivity contribution >= 4 is 5.69 Å². The largest absolute Gasteiger partial charge is 0.433 e. The van der Waals surface area contributed by atoms with Gasteiger partial charge < -0.3 is 10.2 Å². The van der Waals surface area contributed by atoms with Crippen LogP contribution in [0.2, 0.25) is 0 Å². The quantitative estimate of drug-likeness (QED) is 0.825. The molecule has 29 heavy (non-hydrogen) atoms.